The fraction of sp³-hybridized carbons (Fsp3) is 0.500. The van der Waals surface area contributed by atoms with Gasteiger partial charge in [-0.05, 0) is 44.9 Å². The first kappa shape index (κ1) is 16.3. The molecule has 0 saturated carbocycles. The second-order valence-electron chi connectivity index (χ2n) is 5.54. The molecule has 0 aliphatic rings. The van der Waals surface area contributed by atoms with Crippen molar-refractivity contribution in [2.45, 2.75) is 45.1 Å². The Balaban J connectivity index is 2.65. The Bertz CT molecular complexity index is 436. The Labute approximate surface area is 118 Å². The average Bonchev–Trinajstić information content (AvgIpc) is 2.28. The minimum absolute atomic E-state index is 0.120. The lowest BCUT2D eigenvalue weighted by atomic mass is 10.1. The van der Waals surface area contributed by atoms with Crippen LogP contribution >= 0.6 is 0 Å². The summed E-state index contributed by atoms with van der Waals surface area (Å²) in [7, 11) is 0. The Morgan fingerprint density at radius 1 is 1.25 bits per heavy atom. The molecule has 1 atom stereocenters. The molecule has 1 aromatic carbocycles. The first-order valence-corrected chi connectivity index (χ1v) is 6.31. The highest BCUT2D eigenvalue weighted by Crippen LogP contribution is 2.13. The third-order valence-electron chi connectivity index (χ3n) is 2.45. The van der Waals surface area contributed by atoms with Crippen molar-refractivity contribution in [1.82, 2.24) is 5.32 Å². The summed E-state index contributed by atoms with van der Waals surface area (Å²) in [5, 5.41) is 30.2. The molecule has 6 nitrogen and oxygen atoms in total. The number of aromatic hydroxyl groups is 1. The molecule has 6 heteroatoms. The number of rotatable bonds is 4. The lowest BCUT2D eigenvalue weighted by Gasteiger charge is -2.24. The summed E-state index contributed by atoms with van der Waals surface area (Å²) in [4.78, 5) is 11.6. The number of amides is 1. The van der Waals surface area contributed by atoms with Gasteiger partial charge < -0.3 is 25.4 Å². The van der Waals surface area contributed by atoms with Gasteiger partial charge in [0.15, 0.2) is 6.29 Å². The Morgan fingerprint density at radius 3 is 2.25 bits per heavy atom. The molecule has 0 aliphatic carbocycles. The van der Waals surface area contributed by atoms with E-state index in [9.17, 15) is 20.1 Å². The quantitative estimate of drug-likeness (QED) is 0.621. The van der Waals surface area contributed by atoms with Crippen LogP contribution in [0.3, 0.4) is 0 Å². The predicted molar refractivity (Wildman–Crippen MR) is 73.2 cm³/mol. The Morgan fingerprint density at radius 2 is 1.80 bits per heavy atom. The van der Waals surface area contributed by atoms with Crippen LogP contribution in [0.15, 0.2) is 24.3 Å². The third-order valence-corrected chi connectivity index (χ3v) is 2.45. The number of hydrogen-bond donors (Lipinski definition) is 4. The van der Waals surface area contributed by atoms with Crippen LogP contribution in [-0.4, -0.2) is 39.3 Å². The number of aliphatic hydroxyl groups is 2. The van der Waals surface area contributed by atoms with Gasteiger partial charge >= 0.3 is 6.09 Å². The number of hydrogen-bond acceptors (Lipinski definition) is 5. The second kappa shape index (κ2) is 6.58. The van der Waals surface area contributed by atoms with Crippen molar-refractivity contribution in [3.05, 3.63) is 29.8 Å². The molecular weight excluding hydrogens is 262 g/mol. The molecule has 0 unspecified atom stereocenters. The molecule has 1 rings (SSSR count). The van der Waals surface area contributed by atoms with E-state index < -0.39 is 24.0 Å². The van der Waals surface area contributed by atoms with Crippen molar-refractivity contribution >= 4 is 6.09 Å². The summed E-state index contributed by atoms with van der Waals surface area (Å²) in [6, 6.07) is 5.37. The molecule has 20 heavy (non-hydrogen) atoms. The van der Waals surface area contributed by atoms with Gasteiger partial charge in [0.2, 0.25) is 0 Å². The van der Waals surface area contributed by atoms with Crippen LogP contribution in [0.1, 0.15) is 26.3 Å². The molecule has 0 fully saturated rings. The maximum Gasteiger partial charge on any atom is 0.408 e. The van der Waals surface area contributed by atoms with E-state index in [0.29, 0.717) is 0 Å². The first-order chi connectivity index (χ1) is 9.17. The summed E-state index contributed by atoms with van der Waals surface area (Å²) in [5.41, 5.74) is 0.0880. The number of alkyl carbamates (subject to hydrolysis) is 1. The van der Waals surface area contributed by atoms with E-state index in [0.717, 1.165) is 5.56 Å². The zero-order valence-corrected chi connectivity index (χ0v) is 11.8. The zero-order chi connectivity index (χ0) is 15.3. The molecule has 0 heterocycles. The maximum atomic E-state index is 11.6. The summed E-state index contributed by atoms with van der Waals surface area (Å²) in [5.74, 6) is 0.120. The SMILES string of the molecule is CC(C)(C)OC(=O)N[C@@H](Cc1ccc(O)cc1)C(O)O. The molecule has 0 bridgehead atoms. The molecule has 4 N–H and O–H groups in total. The van der Waals surface area contributed by atoms with Crippen LogP contribution in [0.4, 0.5) is 4.79 Å². The summed E-state index contributed by atoms with van der Waals surface area (Å²) < 4.78 is 5.06. The van der Waals surface area contributed by atoms with Crippen LogP contribution in [0.5, 0.6) is 5.75 Å². The van der Waals surface area contributed by atoms with E-state index in [4.69, 9.17) is 4.74 Å². The summed E-state index contributed by atoms with van der Waals surface area (Å²) in [6.07, 6.45) is -2.22. The van der Waals surface area contributed by atoms with Gasteiger partial charge in [0.05, 0.1) is 6.04 Å². The second-order valence-corrected chi connectivity index (χ2v) is 5.54. The molecule has 112 valence electrons. The number of carbonyl (C=O) groups is 1. The van der Waals surface area contributed by atoms with Gasteiger partial charge in [-0.15, -0.1) is 0 Å². The average molecular weight is 283 g/mol. The minimum atomic E-state index is -1.71. The fourth-order valence-corrected chi connectivity index (χ4v) is 1.58. The van der Waals surface area contributed by atoms with Crippen molar-refractivity contribution in [2.24, 2.45) is 0 Å². The number of benzene rings is 1. The summed E-state index contributed by atoms with van der Waals surface area (Å²) >= 11 is 0. The van der Waals surface area contributed by atoms with Gasteiger partial charge in [-0.1, -0.05) is 12.1 Å². The molecule has 1 amide bonds. The highest BCUT2D eigenvalue weighted by Gasteiger charge is 2.23. The molecule has 0 spiro atoms. The van der Waals surface area contributed by atoms with Gasteiger partial charge in [-0.3, -0.25) is 0 Å². The molecule has 0 aromatic heterocycles. The topological polar surface area (TPSA) is 99.0 Å². The number of carbonyl (C=O) groups excluding carboxylic acids is 1. The largest absolute Gasteiger partial charge is 0.508 e. The number of nitrogens with one attached hydrogen (secondary N) is 1. The van der Waals surface area contributed by atoms with Crippen LogP contribution in [-0.2, 0) is 11.2 Å². The van der Waals surface area contributed by atoms with Gasteiger partial charge in [0.1, 0.15) is 11.4 Å². The smallest absolute Gasteiger partial charge is 0.408 e. The van der Waals surface area contributed by atoms with Crippen molar-refractivity contribution in [1.29, 1.82) is 0 Å². The standard InChI is InChI=1S/C14H21NO5/c1-14(2,3)20-13(19)15-11(12(17)18)8-9-4-6-10(16)7-5-9/h4-7,11-12,16-18H,8H2,1-3H3,(H,15,19)/t11-/m0/s1. The number of ether oxygens (including phenoxy) is 1. The lowest BCUT2D eigenvalue weighted by Crippen LogP contribution is -2.46. The van der Waals surface area contributed by atoms with E-state index in [1.807, 2.05) is 0 Å². The number of phenols is 1. The number of aliphatic hydroxyl groups excluding tert-OH is 1. The highest BCUT2D eigenvalue weighted by molar-refractivity contribution is 5.68. The molecule has 0 aliphatic heterocycles. The van der Waals surface area contributed by atoms with Crippen LogP contribution in [0, 0.1) is 0 Å². The van der Waals surface area contributed by atoms with E-state index >= 15 is 0 Å². The predicted octanol–water partition coefficient (Wildman–Crippen LogP) is 1.14. The van der Waals surface area contributed by atoms with E-state index in [2.05, 4.69) is 5.32 Å². The van der Waals surface area contributed by atoms with Crippen molar-refractivity contribution in [2.75, 3.05) is 0 Å². The first-order valence-electron chi connectivity index (χ1n) is 6.31. The van der Waals surface area contributed by atoms with Gasteiger partial charge in [0.25, 0.3) is 0 Å². The lowest BCUT2D eigenvalue weighted by molar-refractivity contribution is -0.0679. The normalized spacial score (nSPS) is 13.1. The van der Waals surface area contributed by atoms with Crippen molar-refractivity contribution in [3.63, 3.8) is 0 Å². The molecule has 0 radical (unpaired) electrons. The molecule has 1 aromatic rings. The van der Waals surface area contributed by atoms with Gasteiger partial charge in [-0.2, -0.15) is 0 Å². The zero-order valence-electron chi connectivity index (χ0n) is 11.8. The minimum Gasteiger partial charge on any atom is -0.508 e. The fourth-order valence-electron chi connectivity index (χ4n) is 1.58. The highest BCUT2D eigenvalue weighted by atomic mass is 16.6. The van der Waals surface area contributed by atoms with E-state index in [1.54, 1.807) is 32.9 Å². The Kier molecular flexibility index (Phi) is 5.35. The van der Waals surface area contributed by atoms with Crippen LogP contribution in [0.25, 0.3) is 0 Å². The molecular formula is C14H21NO5. The van der Waals surface area contributed by atoms with Crippen molar-refractivity contribution in [3.8, 4) is 5.75 Å². The van der Waals surface area contributed by atoms with Crippen molar-refractivity contribution < 1.29 is 24.9 Å². The molecule has 0 saturated heterocycles. The van der Waals surface area contributed by atoms with Gasteiger partial charge in [-0.25, -0.2) is 4.79 Å². The van der Waals surface area contributed by atoms with Crippen LogP contribution < -0.4 is 5.32 Å². The van der Waals surface area contributed by atoms with Crippen LogP contribution in [0.2, 0.25) is 0 Å². The number of phenolic OH excluding ortho intramolecular Hbond substituents is 1. The van der Waals surface area contributed by atoms with Gasteiger partial charge in [0, 0.05) is 0 Å². The summed E-state index contributed by atoms with van der Waals surface area (Å²) in [6.45, 7) is 5.16. The maximum absolute atomic E-state index is 11.6. The third kappa shape index (κ3) is 5.90. The van der Waals surface area contributed by atoms with E-state index in [1.165, 1.54) is 12.1 Å². The van der Waals surface area contributed by atoms with E-state index in [-0.39, 0.29) is 12.2 Å². The Hall–Kier alpha value is -1.79. The monoisotopic (exact) mass is 283 g/mol.